The lowest BCUT2D eigenvalue weighted by Crippen LogP contribution is -2.46. The lowest BCUT2D eigenvalue weighted by molar-refractivity contribution is 0.0631. The first-order valence-electron chi connectivity index (χ1n) is 7.55. The molecule has 1 saturated heterocycles. The van der Waals surface area contributed by atoms with Gasteiger partial charge in [0, 0.05) is 29.2 Å². The van der Waals surface area contributed by atoms with Gasteiger partial charge in [-0.25, -0.2) is 0 Å². The number of carbonyl (C=O) groups excluding carboxylic acids is 1. The molecule has 0 N–H and O–H groups in total. The molecule has 5 heteroatoms. The van der Waals surface area contributed by atoms with E-state index in [4.69, 9.17) is 11.6 Å². The number of carbonyl (C=O) groups is 1. The highest BCUT2D eigenvalue weighted by Crippen LogP contribution is 2.25. The third-order valence-electron chi connectivity index (χ3n) is 4.25. The Kier molecular flexibility index (Phi) is 6.08. The van der Waals surface area contributed by atoms with Crippen molar-refractivity contribution in [3.8, 4) is 0 Å². The molecule has 0 atom stereocenters. The van der Waals surface area contributed by atoms with Gasteiger partial charge in [-0.05, 0) is 60.1 Å². The number of likely N-dealkylation sites (tertiary alicyclic amines) is 1. The third-order valence-corrected chi connectivity index (χ3v) is 5.48. The summed E-state index contributed by atoms with van der Waals surface area (Å²) in [5, 5.41) is 0.582. The molecular formula is C16H22BrClN2O. The topological polar surface area (TPSA) is 23.6 Å². The molecule has 0 unspecified atom stereocenters. The molecule has 2 rings (SSSR count). The van der Waals surface area contributed by atoms with E-state index >= 15 is 0 Å². The van der Waals surface area contributed by atoms with E-state index in [2.05, 4.69) is 34.7 Å². The fourth-order valence-electron chi connectivity index (χ4n) is 2.99. The molecule has 0 saturated carbocycles. The molecule has 0 aromatic heterocycles. The van der Waals surface area contributed by atoms with E-state index in [1.807, 2.05) is 17.0 Å². The second-order valence-corrected chi connectivity index (χ2v) is 6.64. The average molecular weight is 374 g/mol. The molecule has 1 aromatic rings. The van der Waals surface area contributed by atoms with Crippen LogP contribution < -0.4 is 0 Å². The average Bonchev–Trinajstić information content (AvgIpc) is 2.51. The standard InChI is InChI=1S/C16H22BrClN2O/c1-3-19(4-2)13-7-9-20(10-8-13)16(21)12-5-6-14(17)15(18)11-12/h5-6,11,13H,3-4,7-10H2,1-2H3. The van der Waals surface area contributed by atoms with E-state index in [9.17, 15) is 4.79 Å². The molecule has 1 aromatic carbocycles. The zero-order chi connectivity index (χ0) is 15.4. The van der Waals surface area contributed by atoms with E-state index in [1.165, 1.54) is 0 Å². The van der Waals surface area contributed by atoms with Crippen molar-refractivity contribution in [3.63, 3.8) is 0 Å². The van der Waals surface area contributed by atoms with Gasteiger partial charge in [0.15, 0.2) is 0 Å². The second-order valence-electron chi connectivity index (χ2n) is 5.37. The van der Waals surface area contributed by atoms with E-state index in [0.717, 1.165) is 43.5 Å². The zero-order valence-electron chi connectivity index (χ0n) is 12.6. The fourth-order valence-corrected chi connectivity index (χ4v) is 3.41. The van der Waals surface area contributed by atoms with Crippen LogP contribution in [0.3, 0.4) is 0 Å². The smallest absolute Gasteiger partial charge is 0.253 e. The Balaban J connectivity index is 1.98. The van der Waals surface area contributed by atoms with Crippen LogP contribution in [0.4, 0.5) is 0 Å². The normalized spacial score (nSPS) is 16.5. The van der Waals surface area contributed by atoms with Gasteiger partial charge < -0.3 is 9.80 Å². The van der Waals surface area contributed by atoms with E-state index in [-0.39, 0.29) is 5.91 Å². The quantitative estimate of drug-likeness (QED) is 0.795. The minimum atomic E-state index is 0.0856. The van der Waals surface area contributed by atoms with Crippen LogP contribution in [0.5, 0.6) is 0 Å². The van der Waals surface area contributed by atoms with Crippen molar-refractivity contribution in [2.24, 2.45) is 0 Å². The van der Waals surface area contributed by atoms with Crippen LogP contribution in [-0.2, 0) is 0 Å². The van der Waals surface area contributed by atoms with Gasteiger partial charge in [-0.2, -0.15) is 0 Å². The first kappa shape index (κ1) is 16.8. The van der Waals surface area contributed by atoms with Gasteiger partial charge in [-0.3, -0.25) is 4.79 Å². The van der Waals surface area contributed by atoms with Crippen molar-refractivity contribution in [1.29, 1.82) is 0 Å². The van der Waals surface area contributed by atoms with Gasteiger partial charge in [0.05, 0.1) is 5.02 Å². The number of piperidine rings is 1. The highest BCUT2D eigenvalue weighted by atomic mass is 79.9. The molecule has 1 fully saturated rings. The number of nitrogens with zero attached hydrogens (tertiary/aromatic N) is 2. The summed E-state index contributed by atoms with van der Waals surface area (Å²) in [7, 11) is 0. The molecule has 1 amide bonds. The molecule has 3 nitrogen and oxygen atoms in total. The number of hydrogen-bond acceptors (Lipinski definition) is 2. The van der Waals surface area contributed by atoms with Gasteiger partial charge in [-0.15, -0.1) is 0 Å². The van der Waals surface area contributed by atoms with Crippen LogP contribution in [0.1, 0.15) is 37.0 Å². The Bertz CT molecular complexity index is 497. The summed E-state index contributed by atoms with van der Waals surface area (Å²) in [4.78, 5) is 16.9. The molecular weight excluding hydrogens is 352 g/mol. The summed E-state index contributed by atoms with van der Waals surface area (Å²) >= 11 is 9.43. The van der Waals surface area contributed by atoms with E-state index in [0.29, 0.717) is 16.6 Å². The molecule has 1 heterocycles. The lowest BCUT2D eigenvalue weighted by atomic mass is 10.0. The summed E-state index contributed by atoms with van der Waals surface area (Å²) in [6.45, 7) is 8.21. The van der Waals surface area contributed by atoms with Crippen molar-refractivity contribution in [2.45, 2.75) is 32.7 Å². The van der Waals surface area contributed by atoms with Crippen LogP contribution >= 0.6 is 27.5 Å². The van der Waals surface area contributed by atoms with E-state index < -0.39 is 0 Å². The third kappa shape index (κ3) is 3.99. The van der Waals surface area contributed by atoms with Crippen LogP contribution in [-0.4, -0.2) is 47.9 Å². The van der Waals surface area contributed by atoms with Gasteiger partial charge in [0.2, 0.25) is 0 Å². The maximum atomic E-state index is 12.5. The van der Waals surface area contributed by atoms with Gasteiger partial charge in [0.1, 0.15) is 0 Å². The summed E-state index contributed by atoms with van der Waals surface area (Å²) in [5.74, 6) is 0.0856. The Morgan fingerprint density at radius 2 is 1.95 bits per heavy atom. The minimum Gasteiger partial charge on any atom is -0.339 e. The zero-order valence-corrected chi connectivity index (χ0v) is 15.0. The molecule has 0 aliphatic carbocycles. The van der Waals surface area contributed by atoms with Gasteiger partial charge in [0.25, 0.3) is 5.91 Å². The minimum absolute atomic E-state index is 0.0856. The van der Waals surface area contributed by atoms with Crippen molar-refractivity contribution in [1.82, 2.24) is 9.80 Å². The molecule has 116 valence electrons. The van der Waals surface area contributed by atoms with Crippen molar-refractivity contribution in [3.05, 3.63) is 33.3 Å². The highest BCUT2D eigenvalue weighted by molar-refractivity contribution is 9.10. The lowest BCUT2D eigenvalue weighted by Gasteiger charge is -2.37. The second kappa shape index (κ2) is 7.61. The summed E-state index contributed by atoms with van der Waals surface area (Å²) < 4.78 is 0.820. The Labute approximate surface area is 140 Å². The molecule has 1 aliphatic rings. The van der Waals surface area contributed by atoms with Gasteiger partial charge >= 0.3 is 0 Å². The first-order valence-corrected chi connectivity index (χ1v) is 8.72. The fraction of sp³-hybridized carbons (Fsp3) is 0.562. The Morgan fingerprint density at radius 3 is 2.48 bits per heavy atom. The van der Waals surface area contributed by atoms with Crippen LogP contribution in [0.25, 0.3) is 0 Å². The summed E-state index contributed by atoms with van der Waals surface area (Å²) in [6.07, 6.45) is 2.11. The van der Waals surface area contributed by atoms with Gasteiger partial charge in [-0.1, -0.05) is 25.4 Å². The predicted octanol–water partition coefficient (Wildman–Crippen LogP) is 4.05. The molecule has 1 aliphatic heterocycles. The Hall–Kier alpha value is -0.580. The van der Waals surface area contributed by atoms with Crippen molar-refractivity contribution in [2.75, 3.05) is 26.2 Å². The monoisotopic (exact) mass is 372 g/mol. The number of amides is 1. The molecule has 0 radical (unpaired) electrons. The van der Waals surface area contributed by atoms with E-state index in [1.54, 1.807) is 6.07 Å². The summed E-state index contributed by atoms with van der Waals surface area (Å²) in [5.41, 5.74) is 0.671. The highest BCUT2D eigenvalue weighted by Gasteiger charge is 2.26. The molecule has 21 heavy (non-hydrogen) atoms. The van der Waals surface area contributed by atoms with Crippen LogP contribution in [0, 0.1) is 0 Å². The Morgan fingerprint density at radius 1 is 1.33 bits per heavy atom. The number of rotatable bonds is 4. The number of benzene rings is 1. The SMILES string of the molecule is CCN(CC)C1CCN(C(=O)c2ccc(Br)c(Cl)c2)CC1. The largest absolute Gasteiger partial charge is 0.339 e. The van der Waals surface area contributed by atoms with Crippen molar-refractivity contribution < 1.29 is 4.79 Å². The molecule has 0 spiro atoms. The first-order chi connectivity index (χ1) is 10.1. The number of halogens is 2. The maximum Gasteiger partial charge on any atom is 0.253 e. The number of hydrogen-bond donors (Lipinski definition) is 0. The van der Waals surface area contributed by atoms with Crippen LogP contribution in [0.15, 0.2) is 22.7 Å². The predicted molar refractivity (Wildman–Crippen MR) is 91.0 cm³/mol. The summed E-state index contributed by atoms with van der Waals surface area (Å²) in [6, 6.07) is 6.01. The van der Waals surface area contributed by atoms with Crippen molar-refractivity contribution >= 4 is 33.4 Å². The maximum absolute atomic E-state index is 12.5. The molecule has 0 bridgehead atoms. The van der Waals surface area contributed by atoms with Crippen LogP contribution in [0.2, 0.25) is 5.02 Å².